The maximum Gasteiger partial charge on any atom is 0.141 e. The molecule has 4 aromatic rings. The van der Waals surface area contributed by atoms with Gasteiger partial charge in [0.05, 0.1) is 53.7 Å². The molecule has 4 nitrogen and oxygen atoms in total. The lowest BCUT2D eigenvalue weighted by atomic mass is 9.92. The van der Waals surface area contributed by atoms with Gasteiger partial charge in [0.1, 0.15) is 11.7 Å². The zero-order valence-electron chi connectivity index (χ0n) is 31.3. The van der Waals surface area contributed by atoms with Crippen LogP contribution in [-0.2, 0) is 6.42 Å². The summed E-state index contributed by atoms with van der Waals surface area (Å²) in [6.45, 7) is 21.3. The molecule has 1 aliphatic rings. The molecule has 0 radical (unpaired) electrons. The number of aryl methyl sites for hydroxylation is 5. The molecule has 276 valence electrons. The molecule has 1 heterocycles. The summed E-state index contributed by atoms with van der Waals surface area (Å²) in [5, 5.41) is 1.16. The van der Waals surface area contributed by atoms with Crippen LogP contribution in [0.15, 0.2) is 52.4 Å². The molecule has 0 N–H and O–H groups in total. The highest BCUT2D eigenvalue weighted by molar-refractivity contribution is 6.56. The molecule has 1 fully saturated rings. The van der Waals surface area contributed by atoms with E-state index < -0.39 is 0 Å². The molecule has 1 saturated heterocycles. The monoisotopic (exact) mass is 816 g/mol. The standard InChI is InChI=1S/C42H46Cl6N4/c1-10-28-19-24(6)17-26(8)32(28)41(50-40-29(22(2)3)13-11-14-30(40)23(4)5)51-15-12-16-52(21-51)42(49-39-27(9)18-25(7)20-31(39)43)33-34(44)36(46)38(48)37(47)35(33)45/h11,13-14,17-20,22-23H,10,12,15-16,21H2,1-9H3. The first-order valence-electron chi connectivity index (χ1n) is 17.7. The molecule has 4 aromatic carbocycles. The Morgan fingerprint density at radius 2 is 1.12 bits per heavy atom. The molecule has 52 heavy (non-hydrogen) atoms. The molecule has 5 rings (SSSR count). The van der Waals surface area contributed by atoms with E-state index in [4.69, 9.17) is 79.6 Å². The van der Waals surface area contributed by atoms with Crippen molar-refractivity contribution in [2.45, 2.75) is 87.0 Å². The van der Waals surface area contributed by atoms with E-state index in [0.29, 0.717) is 35.3 Å². The summed E-state index contributed by atoms with van der Waals surface area (Å²) >= 11 is 40.7. The van der Waals surface area contributed by atoms with Crippen LogP contribution in [0.3, 0.4) is 0 Å². The number of hydrogen-bond acceptors (Lipinski definition) is 2. The molecule has 0 atom stereocenters. The second-order valence-corrected chi connectivity index (χ2v) is 16.6. The van der Waals surface area contributed by atoms with E-state index in [1.54, 1.807) is 0 Å². The van der Waals surface area contributed by atoms with Crippen molar-refractivity contribution in [3.63, 3.8) is 0 Å². The normalized spacial score (nSPS) is 14.3. The highest BCUT2D eigenvalue weighted by Crippen LogP contribution is 2.46. The van der Waals surface area contributed by atoms with Crippen molar-refractivity contribution in [2.75, 3.05) is 19.8 Å². The molecular weight excluding hydrogens is 773 g/mol. The first-order valence-corrected chi connectivity index (χ1v) is 20.0. The lowest BCUT2D eigenvalue weighted by Crippen LogP contribution is -2.50. The summed E-state index contributed by atoms with van der Waals surface area (Å²) < 4.78 is 0. The van der Waals surface area contributed by atoms with Gasteiger partial charge in [-0.1, -0.05) is 146 Å². The minimum absolute atomic E-state index is 0.0902. The minimum Gasteiger partial charge on any atom is -0.338 e. The van der Waals surface area contributed by atoms with Crippen LogP contribution in [0.5, 0.6) is 0 Å². The van der Waals surface area contributed by atoms with Crippen molar-refractivity contribution in [1.29, 1.82) is 0 Å². The fourth-order valence-corrected chi connectivity index (χ4v) is 8.74. The number of amidine groups is 2. The minimum atomic E-state index is 0.0902. The van der Waals surface area contributed by atoms with Crippen LogP contribution in [0, 0.1) is 27.7 Å². The van der Waals surface area contributed by atoms with Crippen LogP contribution in [0.4, 0.5) is 11.4 Å². The van der Waals surface area contributed by atoms with Crippen LogP contribution in [0.1, 0.15) is 103 Å². The van der Waals surface area contributed by atoms with Gasteiger partial charge in [0.25, 0.3) is 0 Å². The van der Waals surface area contributed by atoms with Crippen LogP contribution in [0.25, 0.3) is 0 Å². The van der Waals surface area contributed by atoms with Gasteiger partial charge in [-0.25, -0.2) is 9.98 Å². The topological polar surface area (TPSA) is 31.2 Å². The van der Waals surface area contributed by atoms with E-state index in [9.17, 15) is 0 Å². The molecule has 0 amide bonds. The second-order valence-electron chi connectivity index (χ2n) is 14.3. The van der Waals surface area contributed by atoms with E-state index in [1.165, 1.54) is 27.8 Å². The summed E-state index contributed by atoms with van der Waals surface area (Å²) in [6.07, 6.45) is 1.67. The number of nitrogens with zero attached hydrogens (tertiary/aromatic N) is 4. The number of hydrogen-bond donors (Lipinski definition) is 0. The molecule has 0 unspecified atom stereocenters. The van der Waals surface area contributed by atoms with Crippen LogP contribution >= 0.6 is 69.6 Å². The Hall–Kier alpha value is -2.44. The van der Waals surface area contributed by atoms with E-state index in [-0.39, 0.29) is 36.9 Å². The molecule has 0 bridgehead atoms. The summed E-state index contributed by atoms with van der Waals surface area (Å²) in [6, 6.07) is 15.0. The third-order valence-electron chi connectivity index (χ3n) is 9.57. The van der Waals surface area contributed by atoms with Crippen molar-refractivity contribution >= 4 is 92.7 Å². The van der Waals surface area contributed by atoms with Crippen LogP contribution < -0.4 is 0 Å². The van der Waals surface area contributed by atoms with Gasteiger partial charge in [-0.2, -0.15) is 0 Å². The van der Waals surface area contributed by atoms with E-state index in [0.717, 1.165) is 47.6 Å². The maximum absolute atomic E-state index is 6.99. The second kappa shape index (κ2) is 16.9. The average Bonchev–Trinajstić information content (AvgIpc) is 3.09. The van der Waals surface area contributed by atoms with Gasteiger partial charge in [-0.05, 0) is 91.8 Å². The number of halogens is 6. The van der Waals surface area contributed by atoms with Crippen molar-refractivity contribution < 1.29 is 0 Å². The highest BCUT2D eigenvalue weighted by Gasteiger charge is 2.32. The molecular formula is C42H46Cl6N4. The Labute approximate surface area is 339 Å². The maximum atomic E-state index is 6.99. The molecule has 0 aromatic heterocycles. The lowest BCUT2D eigenvalue weighted by molar-refractivity contribution is 0.214. The summed E-state index contributed by atoms with van der Waals surface area (Å²) in [4.78, 5) is 15.4. The van der Waals surface area contributed by atoms with Gasteiger partial charge in [0.15, 0.2) is 0 Å². The van der Waals surface area contributed by atoms with Gasteiger partial charge in [-0.15, -0.1) is 0 Å². The van der Waals surface area contributed by atoms with Crippen LogP contribution in [-0.4, -0.2) is 41.2 Å². The van der Waals surface area contributed by atoms with E-state index in [2.05, 4.69) is 88.6 Å². The van der Waals surface area contributed by atoms with Gasteiger partial charge < -0.3 is 9.80 Å². The number of para-hydroxylation sites is 1. The van der Waals surface area contributed by atoms with Crippen molar-refractivity contribution in [1.82, 2.24) is 9.80 Å². The Balaban J connectivity index is 1.79. The Morgan fingerprint density at radius 3 is 1.63 bits per heavy atom. The zero-order valence-corrected chi connectivity index (χ0v) is 35.8. The summed E-state index contributed by atoms with van der Waals surface area (Å²) in [5.41, 5.74) is 11.2. The third-order valence-corrected chi connectivity index (χ3v) is 12.1. The largest absolute Gasteiger partial charge is 0.338 e. The SMILES string of the molecule is CCc1cc(C)cc(C)c1C(=Nc1c(C(C)C)cccc1C(C)C)N1CCCN(C(=Nc2c(C)cc(C)cc2Cl)c2c(Cl)c(Cl)c(Cl)c(Cl)c2Cl)C1. The lowest BCUT2D eigenvalue weighted by Gasteiger charge is -2.40. The molecule has 10 heteroatoms. The first-order chi connectivity index (χ1) is 24.5. The van der Waals surface area contributed by atoms with E-state index in [1.807, 2.05) is 26.0 Å². The predicted molar refractivity (Wildman–Crippen MR) is 228 cm³/mol. The highest BCUT2D eigenvalue weighted by atomic mass is 35.5. The Bertz CT molecular complexity index is 1990. The van der Waals surface area contributed by atoms with E-state index >= 15 is 0 Å². The van der Waals surface area contributed by atoms with Crippen molar-refractivity contribution in [3.8, 4) is 0 Å². The van der Waals surface area contributed by atoms with Gasteiger partial charge in [0.2, 0.25) is 0 Å². The van der Waals surface area contributed by atoms with Gasteiger partial charge in [0, 0.05) is 18.7 Å². The Kier molecular flexibility index (Phi) is 13.3. The average molecular weight is 820 g/mol. The van der Waals surface area contributed by atoms with Gasteiger partial charge >= 0.3 is 0 Å². The molecule has 0 spiro atoms. The molecule has 1 aliphatic heterocycles. The zero-order chi connectivity index (χ0) is 38.2. The van der Waals surface area contributed by atoms with Crippen molar-refractivity contribution in [2.24, 2.45) is 9.98 Å². The molecule has 0 saturated carbocycles. The van der Waals surface area contributed by atoms with Crippen molar-refractivity contribution in [3.05, 3.63) is 123 Å². The predicted octanol–water partition coefficient (Wildman–Crippen LogP) is 14.5. The number of aliphatic imine (C=N–C) groups is 2. The fraction of sp³-hybridized carbons (Fsp3) is 0.381. The fourth-order valence-electron chi connectivity index (χ4n) is 7.07. The smallest absolute Gasteiger partial charge is 0.141 e. The first kappa shape index (κ1) is 40.7. The third kappa shape index (κ3) is 8.28. The van der Waals surface area contributed by atoms with Crippen LogP contribution in [0.2, 0.25) is 30.1 Å². The van der Waals surface area contributed by atoms with Gasteiger partial charge in [-0.3, -0.25) is 0 Å². The summed E-state index contributed by atoms with van der Waals surface area (Å²) in [7, 11) is 0. The number of benzene rings is 4. The Morgan fingerprint density at radius 1 is 0.635 bits per heavy atom. The summed E-state index contributed by atoms with van der Waals surface area (Å²) in [5.74, 6) is 1.98. The molecule has 0 aliphatic carbocycles. The quantitative estimate of drug-likeness (QED) is 0.0805. The number of rotatable bonds is 7.